The van der Waals surface area contributed by atoms with E-state index in [9.17, 15) is 9.59 Å². The number of benzene rings is 1. The number of aromatic nitrogens is 2. The molecule has 2 fully saturated rings. The highest BCUT2D eigenvalue weighted by molar-refractivity contribution is 5.97. The van der Waals surface area contributed by atoms with Crippen molar-refractivity contribution in [2.75, 3.05) is 19.6 Å². The summed E-state index contributed by atoms with van der Waals surface area (Å²) in [6.45, 7) is 2.74. The maximum Gasteiger partial charge on any atom is 0.326 e. The number of halogens is 1. The summed E-state index contributed by atoms with van der Waals surface area (Å²) in [6.07, 6.45) is 6.81. The van der Waals surface area contributed by atoms with Crippen LogP contribution in [0.3, 0.4) is 0 Å². The smallest absolute Gasteiger partial charge is 0.326 e. The number of aromatic amines is 1. The molecule has 0 bridgehead atoms. The molecule has 1 unspecified atom stereocenters. The van der Waals surface area contributed by atoms with Crippen LogP contribution in [0.5, 0.6) is 0 Å². The summed E-state index contributed by atoms with van der Waals surface area (Å²) in [7, 11) is 0. The molecule has 3 N–H and O–H groups in total. The first-order chi connectivity index (χ1) is 12.2. The van der Waals surface area contributed by atoms with E-state index in [2.05, 4.69) is 15.6 Å². The summed E-state index contributed by atoms with van der Waals surface area (Å²) < 4.78 is 1.87. The second kappa shape index (κ2) is 8.27. The maximum atomic E-state index is 12.4. The summed E-state index contributed by atoms with van der Waals surface area (Å²) in [5, 5.41) is 6.40. The Hall–Kier alpha value is -1.79. The van der Waals surface area contributed by atoms with Gasteiger partial charge in [-0.3, -0.25) is 9.36 Å². The van der Waals surface area contributed by atoms with Crippen LogP contribution in [0.4, 0.5) is 0 Å². The van der Waals surface area contributed by atoms with Crippen LogP contribution in [0.1, 0.15) is 54.9 Å². The molecule has 26 heavy (non-hydrogen) atoms. The van der Waals surface area contributed by atoms with Crippen LogP contribution in [0, 0.1) is 5.92 Å². The Labute approximate surface area is 159 Å². The number of nitrogens with zero attached hydrogens (tertiary/aromatic N) is 1. The zero-order valence-corrected chi connectivity index (χ0v) is 15.7. The van der Waals surface area contributed by atoms with Gasteiger partial charge in [0.25, 0.3) is 5.91 Å². The minimum Gasteiger partial charge on any atom is -0.352 e. The van der Waals surface area contributed by atoms with E-state index in [0.29, 0.717) is 24.1 Å². The first kappa shape index (κ1) is 19.0. The Morgan fingerprint density at radius 1 is 1.19 bits per heavy atom. The van der Waals surface area contributed by atoms with Gasteiger partial charge in [0.1, 0.15) is 0 Å². The average molecular weight is 379 g/mol. The van der Waals surface area contributed by atoms with Gasteiger partial charge >= 0.3 is 5.69 Å². The number of hydrogen-bond acceptors (Lipinski definition) is 3. The van der Waals surface area contributed by atoms with E-state index in [0.717, 1.165) is 43.4 Å². The molecule has 0 spiro atoms. The fourth-order valence-electron chi connectivity index (χ4n) is 4.23. The molecule has 2 aliphatic rings. The number of hydrogen-bond donors (Lipinski definition) is 3. The highest BCUT2D eigenvalue weighted by Crippen LogP contribution is 2.30. The Bertz CT molecular complexity index is 817. The van der Waals surface area contributed by atoms with Crippen LogP contribution >= 0.6 is 12.4 Å². The maximum absolute atomic E-state index is 12.4. The zero-order valence-electron chi connectivity index (χ0n) is 14.9. The quantitative estimate of drug-likeness (QED) is 0.765. The van der Waals surface area contributed by atoms with E-state index in [1.807, 2.05) is 16.7 Å². The van der Waals surface area contributed by atoms with Crippen LogP contribution in [-0.4, -0.2) is 35.1 Å². The minimum atomic E-state index is -0.0676. The second-order valence-corrected chi connectivity index (χ2v) is 7.39. The lowest BCUT2D eigenvalue weighted by atomic mass is 9.99. The van der Waals surface area contributed by atoms with Crippen molar-refractivity contribution < 1.29 is 4.79 Å². The molecule has 4 rings (SSSR count). The molecule has 7 heteroatoms. The molecule has 1 saturated heterocycles. The zero-order chi connectivity index (χ0) is 17.2. The molecular weight excluding hydrogens is 352 g/mol. The van der Waals surface area contributed by atoms with Gasteiger partial charge in [0.2, 0.25) is 0 Å². The van der Waals surface area contributed by atoms with Crippen LogP contribution in [0.25, 0.3) is 11.0 Å². The van der Waals surface area contributed by atoms with E-state index in [4.69, 9.17) is 0 Å². The molecule has 2 heterocycles. The van der Waals surface area contributed by atoms with Gasteiger partial charge in [-0.1, -0.05) is 12.8 Å². The molecule has 142 valence electrons. The summed E-state index contributed by atoms with van der Waals surface area (Å²) in [4.78, 5) is 27.7. The first-order valence-corrected chi connectivity index (χ1v) is 9.45. The lowest BCUT2D eigenvalue weighted by Gasteiger charge is -2.22. The average Bonchev–Trinajstić information content (AvgIpc) is 3.26. The molecule has 1 aromatic carbocycles. The third-order valence-corrected chi connectivity index (χ3v) is 5.62. The molecule has 1 atom stereocenters. The summed E-state index contributed by atoms with van der Waals surface area (Å²) in [6, 6.07) is 5.83. The van der Waals surface area contributed by atoms with Crippen LogP contribution in [0.15, 0.2) is 23.0 Å². The Balaban J connectivity index is 0.00000196. The van der Waals surface area contributed by atoms with Gasteiger partial charge in [-0.2, -0.15) is 0 Å². The number of nitrogens with one attached hydrogen (secondary N) is 3. The monoisotopic (exact) mass is 378 g/mol. The van der Waals surface area contributed by atoms with E-state index in [1.54, 1.807) is 6.07 Å². The highest BCUT2D eigenvalue weighted by Gasteiger charge is 2.22. The lowest BCUT2D eigenvalue weighted by Crippen LogP contribution is -2.38. The topological polar surface area (TPSA) is 78.9 Å². The van der Waals surface area contributed by atoms with Gasteiger partial charge in [-0.25, -0.2) is 4.79 Å². The second-order valence-electron chi connectivity index (χ2n) is 7.39. The van der Waals surface area contributed by atoms with Gasteiger partial charge < -0.3 is 15.6 Å². The van der Waals surface area contributed by atoms with E-state index < -0.39 is 0 Å². The number of rotatable bonds is 4. The fraction of sp³-hybridized carbons (Fsp3) is 0.579. The molecule has 0 radical (unpaired) electrons. The van der Waals surface area contributed by atoms with Crippen molar-refractivity contribution in [2.45, 2.75) is 44.6 Å². The molecule has 1 saturated carbocycles. The molecule has 1 aromatic heterocycles. The lowest BCUT2D eigenvalue weighted by molar-refractivity contribution is 0.0945. The fourth-order valence-corrected chi connectivity index (χ4v) is 4.23. The van der Waals surface area contributed by atoms with Gasteiger partial charge in [0.15, 0.2) is 0 Å². The molecule has 1 aliphatic heterocycles. The Morgan fingerprint density at radius 3 is 2.73 bits per heavy atom. The van der Waals surface area contributed by atoms with Gasteiger partial charge in [0.05, 0.1) is 11.0 Å². The predicted molar refractivity (Wildman–Crippen MR) is 105 cm³/mol. The summed E-state index contributed by atoms with van der Waals surface area (Å²) in [5.41, 5.74) is 2.21. The third-order valence-electron chi connectivity index (χ3n) is 5.62. The van der Waals surface area contributed by atoms with Crippen LogP contribution in [0.2, 0.25) is 0 Å². The molecule has 1 aliphatic carbocycles. The molecule has 6 nitrogen and oxygen atoms in total. The number of H-pyrrole nitrogens is 1. The van der Waals surface area contributed by atoms with Crippen molar-refractivity contribution >= 4 is 29.3 Å². The van der Waals surface area contributed by atoms with Crippen LogP contribution in [-0.2, 0) is 0 Å². The highest BCUT2D eigenvalue weighted by atomic mass is 35.5. The number of fused-ring (bicyclic) bond motifs is 1. The van der Waals surface area contributed by atoms with E-state index >= 15 is 0 Å². The Kier molecular flexibility index (Phi) is 6.04. The minimum absolute atomic E-state index is 0. The Morgan fingerprint density at radius 2 is 2.00 bits per heavy atom. The van der Waals surface area contributed by atoms with Crippen molar-refractivity contribution in [2.24, 2.45) is 5.92 Å². The summed E-state index contributed by atoms with van der Waals surface area (Å²) >= 11 is 0. The van der Waals surface area contributed by atoms with Crippen molar-refractivity contribution in [1.29, 1.82) is 0 Å². The molecular formula is C19H27ClN4O2. The van der Waals surface area contributed by atoms with E-state index in [-0.39, 0.29) is 24.0 Å². The number of imidazole rings is 1. The standard InChI is InChI=1S/C19H26N4O2.ClH/c24-18(21-12-13-4-3-9-20-11-13)14-7-8-17-16(10-14)22-19(25)23(17)15-5-1-2-6-15;/h7-8,10,13,15,20H,1-6,9,11-12H2,(H,21,24)(H,22,25);1H. The van der Waals surface area contributed by atoms with Gasteiger partial charge in [-0.15, -0.1) is 12.4 Å². The molecule has 1 amide bonds. The van der Waals surface area contributed by atoms with Crippen molar-refractivity contribution in [3.8, 4) is 0 Å². The largest absolute Gasteiger partial charge is 0.352 e. The van der Waals surface area contributed by atoms with E-state index in [1.165, 1.54) is 19.3 Å². The van der Waals surface area contributed by atoms with Crippen molar-refractivity contribution in [1.82, 2.24) is 20.2 Å². The number of carbonyl (C=O) groups excluding carboxylic acids is 1. The van der Waals surface area contributed by atoms with Gasteiger partial charge in [0, 0.05) is 18.2 Å². The number of amides is 1. The predicted octanol–water partition coefficient (Wildman–Crippen LogP) is 2.60. The SMILES string of the molecule is Cl.O=C(NCC1CCCNC1)c1ccc2c(c1)[nH]c(=O)n2C1CCCC1. The third kappa shape index (κ3) is 3.81. The van der Waals surface area contributed by atoms with Gasteiger partial charge in [-0.05, 0) is 62.9 Å². The first-order valence-electron chi connectivity index (χ1n) is 9.45. The number of carbonyl (C=O) groups is 1. The number of piperidine rings is 1. The molecule has 2 aromatic rings. The van der Waals surface area contributed by atoms with Crippen LogP contribution < -0.4 is 16.3 Å². The van der Waals surface area contributed by atoms with Crippen molar-refractivity contribution in [3.63, 3.8) is 0 Å². The summed E-state index contributed by atoms with van der Waals surface area (Å²) in [5.74, 6) is 0.437. The normalized spacial score (nSPS) is 20.8. The van der Waals surface area contributed by atoms with Crippen molar-refractivity contribution in [3.05, 3.63) is 34.2 Å².